The summed E-state index contributed by atoms with van der Waals surface area (Å²) in [6.07, 6.45) is 0. The highest BCUT2D eigenvalue weighted by Crippen LogP contribution is 2.33. The van der Waals surface area contributed by atoms with Crippen LogP contribution in [0.5, 0.6) is 0 Å². The van der Waals surface area contributed by atoms with Gasteiger partial charge < -0.3 is 14.5 Å². The maximum absolute atomic E-state index is 14.4. The zero-order chi connectivity index (χ0) is 16.4. The highest BCUT2D eigenvalue weighted by Gasteiger charge is 2.27. The molecule has 1 fully saturated rings. The second kappa shape index (κ2) is 6.95. The van der Waals surface area contributed by atoms with E-state index in [1.54, 1.807) is 13.0 Å². The SMILES string of the molecule is CCOC(=O)c1sc2cccc(F)c2c1C[NH+]1CC[NH+](C)CC1. The number of thiophene rings is 1. The maximum Gasteiger partial charge on any atom is 0.348 e. The van der Waals surface area contributed by atoms with E-state index in [0.29, 0.717) is 23.4 Å². The number of carbonyl (C=O) groups is 1. The van der Waals surface area contributed by atoms with Crippen LogP contribution >= 0.6 is 11.3 Å². The Hall–Kier alpha value is -1.50. The lowest BCUT2D eigenvalue weighted by molar-refractivity contribution is -1.01. The number of benzene rings is 1. The molecule has 124 valence electrons. The van der Waals surface area contributed by atoms with E-state index in [0.717, 1.165) is 36.4 Å². The summed E-state index contributed by atoms with van der Waals surface area (Å²) < 4.78 is 20.4. The lowest BCUT2D eigenvalue weighted by Crippen LogP contribution is -3.26. The quantitative estimate of drug-likeness (QED) is 0.778. The second-order valence-electron chi connectivity index (χ2n) is 6.13. The molecule has 1 saturated heterocycles. The molecule has 3 rings (SSSR count). The number of fused-ring (bicyclic) bond motifs is 1. The zero-order valence-electron chi connectivity index (χ0n) is 13.6. The van der Waals surface area contributed by atoms with Gasteiger partial charge in [0.2, 0.25) is 0 Å². The normalized spacial score (nSPS) is 21.5. The van der Waals surface area contributed by atoms with E-state index in [4.69, 9.17) is 4.74 Å². The zero-order valence-corrected chi connectivity index (χ0v) is 14.4. The Kier molecular flexibility index (Phi) is 4.94. The Morgan fingerprint density at radius 1 is 1.30 bits per heavy atom. The molecule has 0 atom stereocenters. The number of rotatable bonds is 4. The highest BCUT2D eigenvalue weighted by molar-refractivity contribution is 7.21. The Bertz CT molecular complexity index is 708. The number of carbonyl (C=O) groups excluding carboxylic acids is 1. The van der Waals surface area contributed by atoms with E-state index in [2.05, 4.69) is 7.05 Å². The van der Waals surface area contributed by atoms with Crippen molar-refractivity contribution in [2.45, 2.75) is 13.5 Å². The molecule has 1 aromatic heterocycles. The van der Waals surface area contributed by atoms with Crippen molar-refractivity contribution in [3.63, 3.8) is 0 Å². The number of halogens is 1. The van der Waals surface area contributed by atoms with Gasteiger partial charge >= 0.3 is 5.97 Å². The monoisotopic (exact) mass is 338 g/mol. The summed E-state index contributed by atoms with van der Waals surface area (Å²) in [7, 11) is 2.19. The lowest BCUT2D eigenvalue weighted by Gasteiger charge is -2.27. The summed E-state index contributed by atoms with van der Waals surface area (Å²) in [5.41, 5.74) is 0.816. The van der Waals surface area contributed by atoms with E-state index in [-0.39, 0.29) is 11.8 Å². The minimum Gasteiger partial charge on any atom is -0.462 e. The fraction of sp³-hybridized carbons (Fsp3) is 0.471. The fourth-order valence-corrected chi connectivity index (χ4v) is 4.28. The molecular weight excluding hydrogens is 315 g/mol. The van der Waals surface area contributed by atoms with Gasteiger partial charge in [-0.3, -0.25) is 0 Å². The van der Waals surface area contributed by atoms with Crippen LogP contribution in [0, 0.1) is 5.82 Å². The van der Waals surface area contributed by atoms with Gasteiger partial charge in [0.15, 0.2) is 0 Å². The topological polar surface area (TPSA) is 35.2 Å². The summed E-state index contributed by atoms with van der Waals surface area (Å²) >= 11 is 1.34. The molecule has 0 saturated carbocycles. The van der Waals surface area contributed by atoms with Crippen LogP contribution in [0.25, 0.3) is 10.1 Å². The smallest absolute Gasteiger partial charge is 0.348 e. The van der Waals surface area contributed by atoms with Crippen molar-refractivity contribution in [2.75, 3.05) is 39.8 Å². The molecule has 0 bridgehead atoms. The Morgan fingerprint density at radius 2 is 2.04 bits per heavy atom. The van der Waals surface area contributed by atoms with Crippen LogP contribution < -0.4 is 9.80 Å². The average molecular weight is 338 g/mol. The average Bonchev–Trinajstić information content (AvgIpc) is 2.90. The van der Waals surface area contributed by atoms with Crippen molar-refractivity contribution < 1.29 is 23.7 Å². The molecule has 1 aliphatic rings. The van der Waals surface area contributed by atoms with Crippen LogP contribution in [0.4, 0.5) is 4.39 Å². The van der Waals surface area contributed by atoms with Gasteiger partial charge in [0.05, 0.1) is 13.7 Å². The third-order valence-corrected chi connectivity index (χ3v) is 5.64. The molecule has 1 aromatic carbocycles. The van der Waals surface area contributed by atoms with E-state index in [1.807, 2.05) is 6.07 Å². The van der Waals surface area contributed by atoms with Crippen LogP contribution in [0.15, 0.2) is 18.2 Å². The number of piperazine rings is 1. The number of hydrogen-bond acceptors (Lipinski definition) is 3. The van der Waals surface area contributed by atoms with Crippen molar-refractivity contribution in [1.82, 2.24) is 0 Å². The first-order valence-electron chi connectivity index (χ1n) is 8.12. The van der Waals surface area contributed by atoms with Gasteiger partial charge in [0.25, 0.3) is 0 Å². The first-order valence-corrected chi connectivity index (χ1v) is 8.93. The number of ether oxygens (including phenoxy) is 1. The first kappa shape index (κ1) is 16.4. The van der Waals surface area contributed by atoms with Gasteiger partial charge in [-0.15, -0.1) is 11.3 Å². The summed E-state index contributed by atoms with van der Waals surface area (Å²) in [6.45, 7) is 7.10. The Balaban J connectivity index is 1.98. The molecule has 0 spiro atoms. The summed E-state index contributed by atoms with van der Waals surface area (Å²) in [5, 5.41) is 0.597. The van der Waals surface area contributed by atoms with Crippen molar-refractivity contribution in [1.29, 1.82) is 0 Å². The highest BCUT2D eigenvalue weighted by atomic mass is 32.1. The van der Waals surface area contributed by atoms with Gasteiger partial charge in [-0.1, -0.05) is 6.07 Å². The third-order valence-electron chi connectivity index (χ3n) is 4.46. The minimum absolute atomic E-state index is 0.247. The molecule has 2 aromatic rings. The first-order chi connectivity index (χ1) is 11.1. The number of likely N-dealkylation sites (N-methyl/N-ethyl adjacent to an activating group) is 1. The number of nitrogens with one attached hydrogen (secondary N) is 2. The summed E-state index contributed by atoms with van der Waals surface area (Å²) in [6, 6.07) is 5.04. The molecule has 23 heavy (non-hydrogen) atoms. The molecule has 0 radical (unpaired) electrons. The van der Waals surface area contributed by atoms with E-state index in [9.17, 15) is 9.18 Å². The molecule has 0 unspecified atom stereocenters. The van der Waals surface area contributed by atoms with Crippen molar-refractivity contribution >= 4 is 27.4 Å². The molecule has 0 amide bonds. The molecule has 1 aliphatic heterocycles. The Labute approximate surface area is 139 Å². The van der Waals surface area contributed by atoms with E-state index >= 15 is 0 Å². The van der Waals surface area contributed by atoms with Gasteiger partial charge in [-0.2, -0.15) is 0 Å². The molecule has 2 heterocycles. The molecule has 4 nitrogen and oxygen atoms in total. The third kappa shape index (κ3) is 3.39. The van der Waals surface area contributed by atoms with Gasteiger partial charge in [-0.25, -0.2) is 9.18 Å². The van der Waals surface area contributed by atoms with Gasteiger partial charge in [0.1, 0.15) is 43.4 Å². The lowest BCUT2D eigenvalue weighted by atomic mass is 10.1. The second-order valence-corrected chi connectivity index (χ2v) is 7.18. The van der Waals surface area contributed by atoms with Crippen molar-refractivity contribution in [3.05, 3.63) is 34.5 Å². The maximum atomic E-state index is 14.4. The van der Waals surface area contributed by atoms with Crippen molar-refractivity contribution in [3.8, 4) is 0 Å². The predicted molar refractivity (Wildman–Crippen MR) is 88.8 cm³/mol. The summed E-state index contributed by atoms with van der Waals surface area (Å²) in [4.78, 5) is 15.8. The van der Waals surface area contributed by atoms with Crippen LogP contribution in [0.1, 0.15) is 22.2 Å². The van der Waals surface area contributed by atoms with Crippen molar-refractivity contribution in [2.24, 2.45) is 0 Å². The van der Waals surface area contributed by atoms with Gasteiger partial charge in [0, 0.05) is 15.6 Å². The van der Waals surface area contributed by atoms with Gasteiger partial charge in [-0.05, 0) is 19.1 Å². The number of esters is 1. The largest absolute Gasteiger partial charge is 0.462 e. The molecular formula is C17H23FN2O2S+2. The molecule has 2 N–H and O–H groups in total. The number of quaternary nitrogens is 2. The van der Waals surface area contributed by atoms with Crippen LogP contribution in [0.3, 0.4) is 0 Å². The Morgan fingerprint density at radius 3 is 2.74 bits per heavy atom. The fourth-order valence-electron chi connectivity index (χ4n) is 3.15. The number of hydrogen-bond donors (Lipinski definition) is 2. The predicted octanol–water partition coefficient (Wildman–Crippen LogP) is 0.130. The van der Waals surface area contributed by atoms with Crippen LogP contribution in [-0.4, -0.2) is 45.8 Å². The van der Waals surface area contributed by atoms with E-state index in [1.165, 1.54) is 27.2 Å². The minimum atomic E-state index is -0.331. The van der Waals surface area contributed by atoms with Crippen LogP contribution in [0.2, 0.25) is 0 Å². The standard InChI is InChI=1S/C17H21FN2O2S/c1-3-22-17(21)16-12(11-20-9-7-19(2)8-10-20)15-13(18)5-4-6-14(15)23-16/h4-6H,3,7-11H2,1-2H3/p+2. The summed E-state index contributed by atoms with van der Waals surface area (Å²) in [5.74, 6) is -0.578. The van der Waals surface area contributed by atoms with Crippen LogP contribution in [-0.2, 0) is 11.3 Å². The van der Waals surface area contributed by atoms with E-state index < -0.39 is 0 Å². The molecule has 6 heteroatoms. The molecule has 0 aliphatic carbocycles.